The van der Waals surface area contributed by atoms with Crippen molar-refractivity contribution < 1.29 is 19.1 Å². The number of amides is 1. The molecule has 2 heterocycles. The van der Waals surface area contributed by atoms with Crippen molar-refractivity contribution in [3.05, 3.63) is 23.7 Å². The van der Waals surface area contributed by atoms with Crippen molar-refractivity contribution in [2.45, 2.75) is 31.9 Å². The molecule has 1 aromatic heterocycles. The van der Waals surface area contributed by atoms with Crippen LogP contribution in [0.4, 0.5) is 0 Å². The number of furan rings is 1. The highest BCUT2D eigenvalue weighted by molar-refractivity contribution is 5.91. The first kappa shape index (κ1) is 16.0. The van der Waals surface area contributed by atoms with Crippen LogP contribution in [0.2, 0.25) is 0 Å². The second-order valence-electron chi connectivity index (χ2n) is 5.32. The van der Waals surface area contributed by atoms with Crippen molar-refractivity contribution in [1.82, 2.24) is 10.2 Å². The van der Waals surface area contributed by atoms with Crippen LogP contribution < -0.4 is 5.32 Å². The molecular weight excluding hydrogens is 272 g/mol. The molecule has 118 valence electrons. The molecule has 0 spiro atoms. The number of aliphatic hydroxyl groups is 1. The lowest BCUT2D eigenvalue weighted by Crippen LogP contribution is -2.45. The molecule has 1 aliphatic heterocycles. The molecule has 1 aromatic rings. The molecule has 1 aliphatic rings. The number of ether oxygens (including phenoxy) is 1. The number of rotatable bonds is 7. The van der Waals surface area contributed by atoms with Gasteiger partial charge in [-0.1, -0.05) is 6.42 Å². The molecule has 6 nitrogen and oxygen atoms in total. The van der Waals surface area contributed by atoms with Gasteiger partial charge in [-0.3, -0.25) is 9.69 Å². The number of likely N-dealkylation sites (tertiary alicyclic amines) is 1. The summed E-state index contributed by atoms with van der Waals surface area (Å²) in [6, 6.07) is 3.62. The Hall–Kier alpha value is -1.37. The molecule has 0 radical (unpaired) electrons. The SMILES string of the molecule is COCc1ccc(C(=O)NCCN2CCCC[C@@H]2CO)o1. The van der Waals surface area contributed by atoms with Crippen molar-refractivity contribution in [1.29, 1.82) is 0 Å². The van der Waals surface area contributed by atoms with E-state index in [1.807, 2.05) is 0 Å². The van der Waals surface area contributed by atoms with Crippen LogP contribution in [0.5, 0.6) is 0 Å². The smallest absolute Gasteiger partial charge is 0.287 e. The number of hydrogen-bond acceptors (Lipinski definition) is 5. The number of hydrogen-bond donors (Lipinski definition) is 2. The van der Waals surface area contributed by atoms with Crippen molar-refractivity contribution in [3.8, 4) is 0 Å². The van der Waals surface area contributed by atoms with Crippen LogP contribution in [0.3, 0.4) is 0 Å². The minimum Gasteiger partial charge on any atom is -0.453 e. The van der Waals surface area contributed by atoms with E-state index < -0.39 is 0 Å². The van der Waals surface area contributed by atoms with E-state index in [1.54, 1.807) is 19.2 Å². The Morgan fingerprint density at radius 3 is 3.14 bits per heavy atom. The van der Waals surface area contributed by atoms with Crippen molar-refractivity contribution in [3.63, 3.8) is 0 Å². The zero-order valence-electron chi connectivity index (χ0n) is 12.5. The molecule has 0 saturated carbocycles. The number of aliphatic hydroxyl groups excluding tert-OH is 1. The van der Waals surface area contributed by atoms with E-state index in [1.165, 1.54) is 6.42 Å². The normalized spacial score (nSPS) is 19.6. The number of methoxy groups -OCH3 is 1. The maximum atomic E-state index is 11.9. The molecule has 0 unspecified atom stereocenters. The lowest BCUT2D eigenvalue weighted by atomic mass is 10.0. The molecule has 0 aliphatic carbocycles. The van der Waals surface area contributed by atoms with Gasteiger partial charge in [0.05, 0.1) is 6.61 Å². The zero-order valence-corrected chi connectivity index (χ0v) is 12.5. The lowest BCUT2D eigenvalue weighted by Gasteiger charge is -2.34. The molecular formula is C15H24N2O4. The first-order chi connectivity index (χ1) is 10.2. The molecule has 0 aromatic carbocycles. The summed E-state index contributed by atoms with van der Waals surface area (Å²) in [6.07, 6.45) is 3.36. The molecule has 21 heavy (non-hydrogen) atoms. The summed E-state index contributed by atoms with van der Waals surface area (Å²) in [5, 5.41) is 12.2. The predicted octanol–water partition coefficient (Wildman–Crippen LogP) is 1.00. The fourth-order valence-electron chi connectivity index (χ4n) is 2.68. The monoisotopic (exact) mass is 296 g/mol. The van der Waals surface area contributed by atoms with Crippen molar-refractivity contribution >= 4 is 5.91 Å². The van der Waals surface area contributed by atoms with Crippen LogP contribution in [-0.4, -0.2) is 55.3 Å². The van der Waals surface area contributed by atoms with Gasteiger partial charge in [-0.05, 0) is 31.5 Å². The molecule has 1 saturated heterocycles. The van der Waals surface area contributed by atoms with Gasteiger partial charge in [0.25, 0.3) is 5.91 Å². The standard InChI is InChI=1S/C15H24N2O4/c1-20-11-13-5-6-14(21-13)15(19)16-7-9-17-8-3-2-4-12(17)10-18/h5-6,12,18H,2-4,7-11H2,1H3,(H,16,19)/t12-/m1/s1. The quantitative estimate of drug-likeness (QED) is 0.785. The molecule has 6 heteroatoms. The molecule has 1 atom stereocenters. The van der Waals surface area contributed by atoms with Crippen molar-refractivity contribution in [2.75, 3.05) is 33.4 Å². The average Bonchev–Trinajstić information content (AvgIpc) is 2.97. The highest BCUT2D eigenvalue weighted by Gasteiger charge is 2.21. The Bertz CT molecular complexity index is 447. The summed E-state index contributed by atoms with van der Waals surface area (Å²) in [5.74, 6) is 0.730. The van der Waals surface area contributed by atoms with Gasteiger partial charge in [-0.2, -0.15) is 0 Å². The summed E-state index contributed by atoms with van der Waals surface area (Å²) in [4.78, 5) is 14.2. The Morgan fingerprint density at radius 1 is 1.52 bits per heavy atom. The van der Waals surface area contributed by atoms with E-state index in [2.05, 4.69) is 10.2 Å². The number of nitrogens with zero attached hydrogens (tertiary/aromatic N) is 1. The molecule has 0 bridgehead atoms. The van der Waals surface area contributed by atoms with Crippen LogP contribution in [0, 0.1) is 0 Å². The van der Waals surface area contributed by atoms with E-state index in [-0.39, 0.29) is 18.6 Å². The first-order valence-electron chi connectivity index (χ1n) is 7.45. The number of carbonyl (C=O) groups is 1. The van der Waals surface area contributed by atoms with Gasteiger partial charge >= 0.3 is 0 Å². The second-order valence-corrected chi connectivity index (χ2v) is 5.32. The Labute approximate surface area is 125 Å². The highest BCUT2D eigenvalue weighted by Crippen LogP contribution is 2.15. The maximum Gasteiger partial charge on any atom is 0.287 e. The van der Waals surface area contributed by atoms with Crippen LogP contribution in [-0.2, 0) is 11.3 Å². The average molecular weight is 296 g/mol. The van der Waals surface area contributed by atoms with E-state index in [4.69, 9.17) is 9.15 Å². The minimum atomic E-state index is -0.213. The third-order valence-electron chi connectivity index (χ3n) is 3.82. The number of carbonyl (C=O) groups excluding carboxylic acids is 1. The maximum absolute atomic E-state index is 11.9. The van der Waals surface area contributed by atoms with Gasteiger partial charge < -0.3 is 19.6 Å². The Kier molecular flexibility index (Phi) is 6.22. The second kappa shape index (κ2) is 8.17. The van der Waals surface area contributed by atoms with Gasteiger partial charge in [0.1, 0.15) is 12.4 Å². The van der Waals surface area contributed by atoms with Gasteiger partial charge in [-0.15, -0.1) is 0 Å². The summed E-state index contributed by atoms with van der Waals surface area (Å²) >= 11 is 0. The van der Waals surface area contributed by atoms with Gasteiger partial charge in [-0.25, -0.2) is 0 Å². The highest BCUT2D eigenvalue weighted by atomic mass is 16.5. The van der Waals surface area contributed by atoms with Gasteiger partial charge in [0.2, 0.25) is 0 Å². The van der Waals surface area contributed by atoms with Crippen LogP contribution >= 0.6 is 0 Å². The Balaban J connectivity index is 1.75. The van der Waals surface area contributed by atoms with Gasteiger partial charge in [0.15, 0.2) is 5.76 Å². The van der Waals surface area contributed by atoms with E-state index in [0.717, 1.165) is 25.9 Å². The minimum absolute atomic E-state index is 0.187. The summed E-state index contributed by atoms with van der Waals surface area (Å²) < 4.78 is 10.3. The Morgan fingerprint density at radius 2 is 2.38 bits per heavy atom. The van der Waals surface area contributed by atoms with E-state index in [0.29, 0.717) is 24.7 Å². The zero-order chi connectivity index (χ0) is 15.1. The fourth-order valence-corrected chi connectivity index (χ4v) is 2.68. The summed E-state index contributed by atoms with van der Waals surface area (Å²) in [7, 11) is 1.58. The lowest BCUT2D eigenvalue weighted by molar-refractivity contribution is 0.0831. The van der Waals surface area contributed by atoms with Crippen LogP contribution in [0.15, 0.2) is 16.5 Å². The summed E-state index contributed by atoms with van der Waals surface area (Å²) in [5.41, 5.74) is 0. The third kappa shape index (κ3) is 4.56. The largest absolute Gasteiger partial charge is 0.453 e. The number of piperidine rings is 1. The third-order valence-corrected chi connectivity index (χ3v) is 3.82. The summed E-state index contributed by atoms with van der Waals surface area (Å²) in [6.45, 7) is 2.84. The number of nitrogens with one attached hydrogen (secondary N) is 1. The fraction of sp³-hybridized carbons (Fsp3) is 0.667. The van der Waals surface area contributed by atoms with Crippen molar-refractivity contribution in [2.24, 2.45) is 0 Å². The van der Waals surface area contributed by atoms with Crippen LogP contribution in [0.25, 0.3) is 0 Å². The van der Waals surface area contributed by atoms with Gasteiger partial charge in [0, 0.05) is 26.2 Å². The first-order valence-corrected chi connectivity index (χ1v) is 7.45. The predicted molar refractivity (Wildman–Crippen MR) is 78.1 cm³/mol. The van der Waals surface area contributed by atoms with E-state index >= 15 is 0 Å². The van der Waals surface area contributed by atoms with Crippen LogP contribution in [0.1, 0.15) is 35.6 Å². The topological polar surface area (TPSA) is 74.9 Å². The molecule has 2 N–H and O–H groups in total. The molecule has 1 fully saturated rings. The molecule has 1 amide bonds. The van der Waals surface area contributed by atoms with E-state index in [9.17, 15) is 9.90 Å². The molecule has 2 rings (SSSR count).